The summed E-state index contributed by atoms with van der Waals surface area (Å²) < 4.78 is 5.31. The summed E-state index contributed by atoms with van der Waals surface area (Å²) in [6, 6.07) is 8.18. The van der Waals surface area contributed by atoms with Crippen LogP contribution in [0.3, 0.4) is 0 Å². The SMILES string of the molecule is COc1ccc2[nH]cc(C(C#N)N3CCCNCC3)c2c1. The maximum atomic E-state index is 9.67. The van der Waals surface area contributed by atoms with Gasteiger partial charge in [-0.1, -0.05) is 0 Å². The Hall–Kier alpha value is -2.03. The van der Waals surface area contributed by atoms with E-state index in [4.69, 9.17) is 4.74 Å². The fraction of sp³-hybridized carbons (Fsp3) is 0.438. The van der Waals surface area contributed by atoms with Crippen LogP contribution in [0.1, 0.15) is 18.0 Å². The molecule has 2 aromatic rings. The van der Waals surface area contributed by atoms with E-state index in [0.717, 1.165) is 54.8 Å². The van der Waals surface area contributed by atoms with Crippen LogP contribution in [-0.4, -0.2) is 43.2 Å². The van der Waals surface area contributed by atoms with Gasteiger partial charge in [-0.15, -0.1) is 0 Å². The Morgan fingerprint density at radius 2 is 2.24 bits per heavy atom. The Morgan fingerprint density at radius 3 is 3.05 bits per heavy atom. The minimum atomic E-state index is -0.217. The normalized spacial score (nSPS) is 18.1. The largest absolute Gasteiger partial charge is 0.497 e. The van der Waals surface area contributed by atoms with Crippen LogP contribution < -0.4 is 10.1 Å². The van der Waals surface area contributed by atoms with Crippen LogP contribution >= 0.6 is 0 Å². The first kappa shape index (κ1) is 13.9. The lowest BCUT2D eigenvalue weighted by atomic mass is 10.0. The molecule has 0 saturated carbocycles. The highest BCUT2D eigenvalue weighted by atomic mass is 16.5. The van der Waals surface area contributed by atoms with Crippen LogP contribution in [0.25, 0.3) is 10.9 Å². The van der Waals surface area contributed by atoms with Gasteiger partial charge in [-0.3, -0.25) is 4.90 Å². The molecule has 1 unspecified atom stereocenters. The molecule has 5 nitrogen and oxygen atoms in total. The molecule has 1 fully saturated rings. The first-order valence-electron chi connectivity index (χ1n) is 7.33. The fourth-order valence-electron chi connectivity index (χ4n) is 2.95. The first-order valence-corrected chi connectivity index (χ1v) is 7.33. The topological polar surface area (TPSA) is 64.1 Å². The van der Waals surface area contributed by atoms with Crippen LogP contribution in [-0.2, 0) is 0 Å². The second-order valence-corrected chi connectivity index (χ2v) is 5.33. The van der Waals surface area contributed by atoms with Gasteiger partial charge >= 0.3 is 0 Å². The molecule has 3 rings (SSSR count). The summed E-state index contributed by atoms with van der Waals surface area (Å²) in [5.41, 5.74) is 2.08. The van der Waals surface area contributed by atoms with Gasteiger partial charge in [0.1, 0.15) is 11.8 Å². The molecule has 0 amide bonds. The third-order valence-corrected chi connectivity index (χ3v) is 4.08. The molecule has 1 aliphatic heterocycles. The van der Waals surface area contributed by atoms with Gasteiger partial charge in [0.25, 0.3) is 0 Å². The molecule has 0 radical (unpaired) electrons. The molecule has 2 N–H and O–H groups in total. The number of hydrogen-bond acceptors (Lipinski definition) is 4. The lowest BCUT2D eigenvalue weighted by Crippen LogP contribution is -2.31. The van der Waals surface area contributed by atoms with Crippen molar-refractivity contribution in [3.05, 3.63) is 30.0 Å². The summed E-state index contributed by atoms with van der Waals surface area (Å²) in [7, 11) is 1.66. The van der Waals surface area contributed by atoms with E-state index in [-0.39, 0.29) is 6.04 Å². The molecule has 5 heteroatoms. The van der Waals surface area contributed by atoms with E-state index in [9.17, 15) is 5.26 Å². The van der Waals surface area contributed by atoms with Crippen molar-refractivity contribution in [2.24, 2.45) is 0 Å². The van der Waals surface area contributed by atoms with Crippen molar-refractivity contribution in [1.29, 1.82) is 5.26 Å². The zero-order valence-corrected chi connectivity index (χ0v) is 12.2. The lowest BCUT2D eigenvalue weighted by molar-refractivity contribution is 0.253. The number of aromatic amines is 1. The monoisotopic (exact) mass is 284 g/mol. The molecule has 1 atom stereocenters. The van der Waals surface area contributed by atoms with Crippen molar-refractivity contribution < 1.29 is 4.74 Å². The van der Waals surface area contributed by atoms with E-state index < -0.39 is 0 Å². The van der Waals surface area contributed by atoms with Gasteiger partial charge in [-0.2, -0.15) is 5.26 Å². The third-order valence-electron chi connectivity index (χ3n) is 4.08. The van der Waals surface area contributed by atoms with E-state index in [1.54, 1.807) is 7.11 Å². The van der Waals surface area contributed by atoms with E-state index >= 15 is 0 Å². The van der Waals surface area contributed by atoms with Crippen LogP contribution in [0.5, 0.6) is 5.75 Å². The number of nitriles is 1. The standard InChI is InChI=1S/C16H20N4O/c1-21-12-3-4-15-13(9-12)14(11-19-15)16(10-17)20-7-2-5-18-6-8-20/h3-4,9,11,16,18-19H,2,5-8H2,1H3. The van der Waals surface area contributed by atoms with E-state index in [1.165, 1.54) is 0 Å². The second-order valence-electron chi connectivity index (χ2n) is 5.33. The Morgan fingerprint density at radius 1 is 1.33 bits per heavy atom. The van der Waals surface area contributed by atoms with Crippen molar-refractivity contribution in [2.45, 2.75) is 12.5 Å². The van der Waals surface area contributed by atoms with Crippen LogP contribution in [0.15, 0.2) is 24.4 Å². The highest BCUT2D eigenvalue weighted by molar-refractivity contribution is 5.85. The smallest absolute Gasteiger partial charge is 0.125 e. The average Bonchev–Trinajstić information content (AvgIpc) is 2.74. The Balaban J connectivity index is 1.98. The quantitative estimate of drug-likeness (QED) is 0.905. The Bertz CT molecular complexity index is 650. The molecule has 1 aromatic heterocycles. The minimum absolute atomic E-state index is 0.217. The zero-order chi connectivity index (χ0) is 14.7. The number of fused-ring (bicyclic) bond motifs is 1. The van der Waals surface area contributed by atoms with Gasteiger partial charge in [0.15, 0.2) is 0 Å². The van der Waals surface area contributed by atoms with Crippen molar-refractivity contribution >= 4 is 10.9 Å². The Labute approximate surface area is 124 Å². The number of ether oxygens (including phenoxy) is 1. The molecular weight excluding hydrogens is 264 g/mol. The summed E-state index contributed by atoms with van der Waals surface area (Å²) in [5.74, 6) is 0.817. The lowest BCUT2D eigenvalue weighted by Gasteiger charge is -2.24. The summed E-state index contributed by atoms with van der Waals surface area (Å²) in [6.07, 6.45) is 3.03. The number of rotatable bonds is 3. The number of H-pyrrole nitrogens is 1. The number of hydrogen-bond donors (Lipinski definition) is 2. The molecule has 0 bridgehead atoms. The van der Waals surface area contributed by atoms with Gasteiger partial charge in [0.2, 0.25) is 0 Å². The number of nitrogens with zero attached hydrogens (tertiary/aromatic N) is 2. The van der Waals surface area contributed by atoms with E-state index in [1.807, 2.05) is 24.4 Å². The van der Waals surface area contributed by atoms with Crippen LogP contribution in [0.4, 0.5) is 0 Å². The third kappa shape index (κ3) is 2.73. The number of benzene rings is 1. The van der Waals surface area contributed by atoms with Crippen molar-refractivity contribution in [3.63, 3.8) is 0 Å². The van der Waals surface area contributed by atoms with Crippen molar-refractivity contribution in [2.75, 3.05) is 33.3 Å². The fourth-order valence-corrected chi connectivity index (χ4v) is 2.95. The number of aromatic nitrogens is 1. The van der Waals surface area contributed by atoms with Crippen molar-refractivity contribution in [1.82, 2.24) is 15.2 Å². The van der Waals surface area contributed by atoms with E-state index in [2.05, 4.69) is 21.3 Å². The molecule has 110 valence electrons. The summed E-state index contributed by atoms with van der Waals surface area (Å²) >= 11 is 0. The van der Waals surface area contributed by atoms with Gasteiger partial charge < -0.3 is 15.0 Å². The predicted octanol–water partition coefficient (Wildman–Crippen LogP) is 2.04. The van der Waals surface area contributed by atoms with Gasteiger partial charge in [0.05, 0.1) is 13.2 Å². The Kier molecular flexibility index (Phi) is 4.09. The molecular formula is C16H20N4O. The predicted molar refractivity (Wildman–Crippen MR) is 82.3 cm³/mol. The molecule has 21 heavy (non-hydrogen) atoms. The summed E-state index contributed by atoms with van der Waals surface area (Å²) in [6.45, 7) is 3.80. The molecule has 1 aliphatic rings. The molecule has 2 heterocycles. The first-order chi connectivity index (χ1) is 10.3. The van der Waals surface area contributed by atoms with Crippen LogP contribution in [0, 0.1) is 11.3 Å². The maximum absolute atomic E-state index is 9.67. The van der Waals surface area contributed by atoms with Crippen molar-refractivity contribution in [3.8, 4) is 11.8 Å². The summed E-state index contributed by atoms with van der Waals surface area (Å²) in [5, 5.41) is 14.1. The second kappa shape index (κ2) is 6.17. The highest BCUT2D eigenvalue weighted by Gasteiger charge is 2.23. The molecule has 1 saturated heterocycles. The minimum Gasteiger partial charge on any atom is -0.497 e. The zero-order valence-electron chi connectivity index (χ0n) is 12.2. The van der Waals surface area contributed by atoms with E-state index in [0.29, 0.717) is 0 Å². The van der Waals surface area contributed by atoms with Crippen LogP contribution in [0.2, 0.25) is 0 Å². The maximum Gasteiger partial charge on any atom is 0.125 e. The average molecular weight is 284 g/mol. The molecule has 0 spiro atoms. The molecule has 0 aliphatic carbocycles. The van der Waals surface area contributed by atoms with Gasteiger partial charge in [-0.25, -0.2) is 0 Å². The molecule has 1 aromatic carbocycles. The number of methoxy groups -OCH3 is 1. The van der Waals surface area contributed by atoms with Gasteiger partial charge in [-0.05, 0) is 31.2 Å². The number of nitrogens with one attached hydrogen (secondary N) is 2. The van der Waals surface area contributed by atoms with Gasteiger partial charge in [0, 0.05) is 42.3 Å². The highest BCUT2D eigenvalue weighted by Crippen LogP contribution is 2.30. The summed E-state index contributed by atoms with van der Waals surface area (Å²) in [4.78, 5) is 5.51.